The number of hydrogen-bond acceptors (Lipinski definition) is 18. The average molecular weight is 1040 g/mol. The average Bonchev–Trinajstić information content (AvgIpc) is 3.23. The van der Waals surface area contributed by atoms with Crippen molar-refractivity contribution in [2.45, 2.75) is 117 Å². The minimum absolute atomic E-state index is 0. The number of aliphatic hydroxyl groups is 2. The van der Waals surface area contributed by atoms with Crippen molar-refractivity contribution >= 4 is 92.0 Å². The molecule has 2 rings (SSSR count). The second-order valence-electron chi connectivity index (χ2n) is 15.4. The molecule has 25 heteroatoms. The van der Waals surface area contributed by atoms with Crippen LogP contribution < -0.4 is 45.9 Å². The van der Waals surface area contributed by atoms with Gasteiger partial charge in [-0.25, -0.2) is 29.0 Å². The Bertz CT molecular complexity index is 1760. The van der Waals surface area contributed by atoms with Crippen LogP contribution in [-0.4, -0.2) is 123 Å². The number of methoxy groups -OCH3 is 2. The third kappa shape index (κ3) is 44.3. The number of carbonyl (C=O) groups is 8. The number of rotatable bonds is 14. The molecule has 3 radical (unpaired) electrons. The molecule has 0 spiro atoms. The van der Waals surface area contributed by atoms with Gasteiger partial charge in [-0.3, -0.25) is 14.4 Å². The van der Waals surface area contributed by atoms with E-state index in [4.69, 9.17) is 43.5 Å². The summed E-state index contributed by atoms with van der Waals surface area (Å²) >= 11 is 11.7. The summed E-state index contributed by atoms with van der Waals surface area (Å²) < 4.78 is 22.9. The smallest absolute Gasteiger partial charge is 0.793 e. The van der Waals surface area contributed by atoms with E-state index < -0.39 is 71.2 Å². The molecule has 20 nitrogen and oxygen atoms in total. The van der Waals surface area contributed by atoms with Crippen LogP contribution in [0.25, 0.3) is 0 Å². The number of nitrogens with one attached hydrogen (secondary N) is 2. The van der Waals surface area contributed by atoms with Crippen molar-refractivity contribution in [2.75, 3.05) is 27.4 Å². The normalized spacial score (nSPS) is 11.7. The molecular formula is C43H65BCl3N3NaO17. The van der Waals surface area contributed by atoms with Crippen molar-refractivity contribution < 1.29 is 112 Å². The van der Waals surface area contributed by atoms with Crippen molar-refractivity contribution in [1.82, 2.24) is 10.6 Å². The van der Waals surface area contributed by atoms with Crippen LogP contribution in [0.2, 0.25) is 10.0 Å². The minimum atomic E-state index is -0.889. The van der Waals surface area contributed by atoms with E-state index in [1.807, 2.05) is 24.3 Å². The van der Waals surface area contributed by atoms with Gasteiger partial charge in [-0.1, -0.05) is 47.5 Å². The van der Waals surface area contributed by atoms with Gasteiger partial charge in [0.1, 0.15) is 23.5 Å². The Hall–Kier alpha value is -4.19. The van der Waals surface area contributed by atoms with Gasteiger partial charge in [-0.05, 0) is 103 Å². The number of esters is 2. The number of carbonyl (C=O) groups excluding carboxylic acids is 8. The quantitative estimate of drug-likeness (QED) is 0.0451. The maximum atomic E-state index is 12.1. The molecule has 2 amide bonds. The SMILES string of the molecule is CC(=O)OOC(C)=O.CC(C)(C)OC(=O)N[C@H](C=O)Cc1ccc(Cl)cc1.COC(=O)C(N)CO.COC(=O)[C@H](CO)CC[C@H](Cc1ccc(Cl)cc1)NC(=O)OC(C)(C)C.Cl.[B-]OC(C)=O.[Na+]. The summed E-state index contributed by atoms with van der Waals surface area (Å²) in [6.07, 6.45) is 1.40. The van der Waals surface area contributed by atoms with Gasteiger partial charge in [0.15, 0.2) is 0 Å². The standard InChI is InChI=1S/C19H28ClNO5.C14H18ClNO3.C4H9NO3.C4H6O4.C2H3BO2.ClH.Na/c1-19(2,3)26-18(24)21-16(10-7-14(12-22)17(23)25-4)11-13-5-8-15(20)9-6-13;1-14(2,3)19-13(18)16-12(9-17)8-10-4-6-11(15)7-5-10;1-8-4(7)3(5)2-6;1-3(5)7-8-4(2)6;1-2(4)5-3;;/h5-6,8-9,14,16,22H,7,10-12H2,1-4H3,(H,21,24);4-7,9,12H,8H2,1-3H3,(H,16,18);3,6H,2,5H2,1H3;1-2H3;1H3;1H;/q;;;;-1;;+1/t14-,16+;12-;;;;;/m00...../s1. The monoisotopic (exact) mass is 1030 g/mol. The van der Waals surface area contributed by atoms with Gasteiger partial charge < -0.3 is 63.0 Å². The molecule has 2 aromatic carbocycles. The molecule has 68 heavy (non-hydrogen) atoms. The second-order valence-corrected chi connectivity index (χ2v) is 16.3. The summed E-state index contributed by atoms with van der Waals surface area (Å²) in [4.78, 5) is 93.3. The first kappa shape index (κ1) is 72.8. The molecule has 0 aromatic heterocycles. The first-order valence-corrected chi connectivity index (χ1v) is 20.6. The van der Waals surface area contributed by atoms with Crippen LogP contribution >= 0.6 is 35.6 Å². The molecule has 0 aliphatic carbocycles. The number of alkyl carbamates (subject to hydrolysis) is 2. The summed E-state index contributed by atoms with van der Waals surface area (Å²) in [5.74, 6) is -3.42. The van der Waals surface area contributed by atoms with E-state index in [1.54, 1.807) is 65.8 Å². The first-order chi connectivity index (χ1) is 30.6. The first-order valence-electron chi connectivity index (χ1n) is 19.9. The zero-order valence-corrected chi connectivity index (χ0v) is 44.9. The van der Waals surface area contributed by atoms with Crippen LogP contribution in [0, 0.1) is 5.92 Å². The number of amides is 2. The third-order valence-corrected chi connectivity index (χ3v) is 7.62. The van der Waals surface area contributed by atoms with E-state index in [-0.39, 0.29) is 61.2 Å². The van der Waals surface area contributed by atoms with Crippen molar-refractivity contribution in [2.24, 2.45) is 11.7 Å². The van der Waals surface area contributed by atoms with Crippen molar-refractivity contribution in [3.05, 3.63) is 69.7 Å². The summed E-state index contributed by atoms with van der Waals surface area (Å²) in [6.45, 7) is 13.5. The molecule has 0 saturated heterocycles. The fraction of sp³-hybridized carbons (Fsp3) is 0.535. The van der Waals surface area contributed by atoms with Gasteiger partial charge in [0.05, 0.1) is 39.4 Å². The van der Waals surface area contributed by atoms with Gasteiger partial charge in [-0.2, -0.15) is 0 Å². The Morgan fingerprint density at radius 3 is 1.35 bits per heavy atom. The molecule has 2 aromatic rings. The maximum absolute atomic E-state index is 12.1. The van der Waals surface area contributed by atoms with E-state index in [2.05, 4.69) is 42.6 Å². The van der Waals surface area contributed by atoms with Crippen molar-refractivity contribution in [3.63, 3.8) is 0 Å². The number of ether oxygens (including phenoxy) is 4. The van der Waals surface area contributed by atoms with Gasteiger partial charge in [0.25, 0.3) is 0 Å². The Labute approximate surface area is 437 Å². The molecule has 0 heterocycles. The van der Waals surface area contributed by atoms with Gasteiger partial charge in [0, 0.05) is 36.9 Å². The summed E-state index contributed by atoms with van der Waals surface area (Å²) in [6, 6.07) is 12.7. The minimum Gasteiger partial charge on any atom is -0.793 e. The number of nitrogens with two attached hydrogens (primary N) is 1. The molecule has 0 aliphatic rings. The zero-order chi connectivity index (χ0) is 51.6. The zero-order valence-electron chi connectivity index (χ0n) is 40.6. The molecule has 0 fully saturated rings. The summed E-state index contributed by atoms with van der Waals surface area (Å²) in [5, 5.41) is 24.2. The number of benzene rings is 2. The van der Waals surface area contributed by atoms with Gasteiger partial charge in [-0.15, -0.1) is 12.4 Å². The van der Waals surface area contributed by atoms with Crippen LogP contribution in [0.4, 0.5) is 9.59 Å². The summed E-state index contributed by atoms with van der Waals surface area (Å²) in [5.41, 5.74) is 5.72. The molecule has 0 bridgehead atoms. The van der Waals surface area contributed by atoms with E-state index >= 15 is 0 Å². The van der Waals surface area contributed by atoms with E-state index in [0.29, 0.717) is 42.0 Å². The number of aldehydes is 1. The van der Waals surface area contributed by atoms with Crippen LogP contribution in [0.15, 0.2) is 48.5 Å². The van der Waals surface area contributed by atoms with Gasteiger partial charge >= 0.3 is 65.6 Å². The van der Waals surface area contributed by atoms with Gasteiger partial charge in [0.2, 0.25) is 5.97 Å². The fourth-order valence-electron chi connectivity index (χ4n) is 4.27. The topological polar surface area (TPSA) is 292 Å². The van der Waals surface area contributed by atoms with E-state index in [9.17, 15) is 43.5 Å². The van der Waals surface area contributed by atoms with Crippen LogP contribution in [0.3, 0.4) is 0 Å². The van der Waals surface area contributed by atoms with Crippen LogP contribution in [0.1, 0.15) is 86.3 Å². The predicted molar refractivity (Wildman–Crippen MR) is 250 cm³/mol. The molecule has 0 saturated carbocycles. The molecule has 1 unspecified atom stereocenters. The molecule has 0 aliphatic heterocycles. The Morgan fingerprint density at radius 1 is 0.676 bits per heavy atom. The Balaban J connectivity index is -0.000000274. The largest absolute Gasteiger partial charge is 1.00 e. The second kappa shape index (κ2) is 40.7. The van der Waals surface area contributed by atoms with Crippen LogP contribution in [-0.2, 0) is 75.0 Å². The maximum Gasteiger partial charge on any atom is 1.00 e. The molecule has 4 atom stereocenters. The number of aliphatic hydroxyl groups excluding tert-OH is 2. The van der Waals surface area contributed by atoms with E-state index in [0.717, 1.165) is 25.0 Å². The van der Waals surface area contributed by atoms with E-state index in [1.165, 1.54) is 21.1 Å². The molecule has 6 N–H and O–H groups in total. The predicted octanol–water partition coefficient (Wildman–Crippen LogP) is 1.88. The van der Waals surface area contributed by atoms with Crippen molar-refractivity contribution in [1.29, 1.82) is 0 Å². The number of hydrogen-bond donors (Lipinski definition) is 5. The molecule has 379 valence electrons. The Morgan fingerprint density at radius 2 is 1.06 bits per heavy atom. The molecular weight excluding hydrogens is 971 g/mol. The third-order valence-electron chi connectivity index (χ3n) is 7.11. The fourth-order valence-corrected chi connectivity index (χ4v) is 4.52. The number of halogens is 3. The van der Waals surface area contributed by atoms with Crippen molar-refractivity contribution in [3.8, 4) is 0 Å². The van der Waals surface area contributed by atoms with Crippen LogP contribution in [0.5, 0.6) is 0 Å². The Kier molecular flexibility index (Phi) is 43.5. The summed E-state index contributed by atoms with van der Waals surface area (Å²) in [7, 11) is 6.83.